The van der Waals surface area contributed by atoms with Crippen LogP contribution in [0.1, 0.15) is 6.42 Å². The van der Waals surface area contributed by atoms with E-state index in [0.717, 1.165) is 0 Å². The van der Waals surface area contributed by atoms with Crippen molar-refractivity contribution in [3.8, 4) is 0 Å². The predicted octanol–water partition coefficient (Wildman–Crippen LogP) is -0.250. The SMILES string of the molecule is COC(=O)C[CH2][SnH]=[O]. The van der Waals surface area contributed by atoms with Crippen LogP contribution in [-0.4, -0.2) is 34.2 Å². The average Bonchev–Trinajstić information content (AvgIpc) is 1.83. The molecule has 3 nitrogen and oxygen atoms in total. The molecule has 0 heterocycles. The molecule has 0 aromatic carbocycles. The summed E-state index contributed by atoms with van der Waals surface area (Å²) in [4.78, 5) is 10.2. The molecule has 0 aromatic rings. The van der Waals surface area contributed by atoms with E-state index >= 15 is 0 Å². The third kappa shape index (κ3) is 4.23. The molecule has 0 aliphatic heterocycles. The Morgan fingerprint density at radius 2 is 2.38 bits per heavy atom. The van der Waals surface area contributed by atoms with E-state index in [4.69, 9.17) is 0 Å². The molecular weight excluding hydrogens is 215 g/mol. The summed E-state index contributed by atoms with van der Waals surface area (Å²) < 4.78 is 14.8. The topological polar surface area (TPSA) is 43.4 Å². The number of methoxy groups -OCH3 is 1. The monoisotopic (exact) mass is 224 g/mol. The van der Waals surface area contributed by atoms with Crippen molar-refractivity contribution >= 4 is 27.1 Å². The van der Waals surface area contributed by atoms with Crippen LogP contribution in [-0.2, 0) is 12.6 Å². The van der Waals surface area contributed by atoms with E-state index in [1.54, 1.807) is 0 Å². The Kier molecular flexibility index (Phi) is 5.25. The van der Waals surface area contributed by atoms with Crippen LogP contribution in [0.2, 0.25) is 4.44 Å². The zero-order valence-corrected chi connectivity index (χ0v) is 8.01. The Balaban J connectivity index is 3.11. The number of ether oxygens (including phenoxy) is 1. The van der Waals surface area contributed by atoms with Gasteiger partial charge in [-0.3, -0.25) is 0 Å². The van der Waals surface area contributed by atoms with Gasteiger partial charge in [-0.15, -0.1) is 0 Å². The van der Waals surface area contributed by atoms with Crippen molar-refractivity contribution in [3.63, 3.8) is 0 Å². The van der Waals surface area contributed by atoms with Crippen LogP contribution < -0.4 is 0 Å². The fourth-order valence-corrected chi connectivity index (χ4v) is 1.29. The molecular formula is C4H8O3Sn. The van der Waals surface area contributed by atoms with Crippen molar-refractivity contribution in [1.29, 1.82) is 0 Å². The molecule has 0 unspecified atom stereocenters. The minimum absolute atomic E-state index is 0.257. The standard InChI is InChI=1S/C4H7O2.O.Sn.H/c1-3-4(5)6-2;;;/h1,3H2,2H3;;;. The molecule has 0 aliphatic carbocycles. The summed E-state index contributed by atoms with van der Waals surface area (Å²) in [7, 11) is 1.33. The second-order valence-corrected chi connectivity index (χ2v) is 3.88. The molecule has 0 atom stereocenters. The third-order valence-corrected chi connectivity index (χ3v) is 2.19. The molecule has 0 spiro atoms. The van der Waals surface area contributed by atoms with Crippen LogP contribution in [0.15, 0.2) is 0 Å². The summed E-state index contributed by atoms with van der Waals surface area (Å²) in [6.45, 7) is 0. The van der Waals surface area contributed by atoms with Gasteiger partial charge in [-0.2, -0.15) is 0 Å². The van der Waals surface area contributed by atoms with Gasteiger partial charge in [0.15, 0.2) is 0 Å². The number of hydrogen-bond donors (Lipinski definition) is 0. The zero-order valence-electron chi connectivity index (χ0n) is 4.72. The maximum atomic E-state index is 10.2. The summed E-state index contributed by atoms with van der Waals surface area (Å²) in [5, 5.41) is 0. The van der Waals surface area contributed by atoms with Crippen LogP contribution in [0.4, 0.5) is 0 Å². The number of esters is 1. The molecule has 0 aliphatic rings. The van der Waals surface area contributed by atoms with E-state index in [-0.39, 0.29) is 5.97 Å². The summed E-state index contributed by atoms with van der Waals surface area (Å²) in [6, 6.07) is 0. The first-order valence-electron chi connectivity index (χ1n) is 2.31. The van der Waals surface area contributed by atoms with Gasteiger partial charge in [0, 0.05) is 0 Å². The Bertz CT molecular complexity index is 91.3. The molecule has 0 rings (SSSR count). The van der Waals surface area contributed by atoms with E-state index in [1.807, 2.05) is 0 Å². The molecule has 0 saturated heterocycles. The molecule has 0 radical (unpaired) electrons. The van der Waals surface area contributed by atoms with Gasteiger partial charge in [0.2, 0.25) is 0 Å². The van der Waals surface area contributed by atoms with E-state index in [0.29, 0.717) is 10.9 Å². The predicted molar refractivity (Wildman–Crippen MR) is 29.3 cm³/mol. The van der Waals surface area contributed by atoms with Crippen molar-refractivity contribution in [3.05, 3.63) is 0 Å². The van der Waals surface area contributed by atoms with Crippen molar-refractivity contribution in [1.82, 2.24) is 0 Å². The maximum absolute atomic E-state index is 10.2. The van der Waals surface area contributed by atoms with Gasteiger partial charge in [-0.1, -0.05) is 0 Å². The molecule has 0 fully saturated rings. The van der Waals surface area contributed by atoms with Crippen LogP contribution in [0.5, 0.6) is 0 Å². The first-order valence-corrected chi connectivity index (χ1v) is 5.99. The molecule has 46 valence electrons. The first-order chi connectivity index (χ1) is 3.81. The molecule has 8 heavy (non-hydrogen) atoms. The van der Waals surface area contributed by atoms with Gasteiger partial charge < -0.3 is 0 Å². The van der Waals surface area contributed by atoms with E-state index in [9.17, 15) is 7.87 Å². The van der Waals surface area contributed by atoms with Gasteiger partial charge in [0.05, 0.1) is 0 Å². The van der Waals surface area contributed by atoms with Gasteiger partial charge >= 0.3 is 57.7 Å². The molecule has 0 N–H and O–H groups in total. The minimum atomic E-state index is -1.55. The number of carbonyl (C=O) groups excluding carboxylic acids is 1. The molecule has 0 bridgehead atoms. The quantitative estimate of drug-likeness (QED) is 0.489. The molecule has 0 saturated carbocycles. The van der Waals surface area contributed by atoms with Crippen molar-refractivity contribution < 1.29 is 12.6 Å². The van der Waals surface area contributed by atoms with Gasteiger partial charge in [0.25, 0.3) is 0 Å². The Labute approximate surface area is 58.0 Å². The summed E-state index contributed by atoms with van der Waals surface area (Å²) in [6.07, 6.45) is 0.334. The first kappa shape index (κ1) is 8.07. The molecule has 0 amide bonds. The van der Waals surface area contributed by atoms with Crippen LogP contribution in [0.3, 0.4) is 0 Å². The number of rotatable bonds is 3. The fourth-order valence-electron chi connectivity index (χ4n) is 0.279. The van der Waals surface area contributed by atoms with Gasteiger partial charge in [0.1, 0.15) is 0 Å². The van der Waals surface area contributed by atoms with Crippen LogP contribution >= 0.6 is 0 Å². The Morgan fingerprint density at radius 3 is 2.75 bits per heavy atom. The van der Waals surface area contributed by atoms with Gasteiger partial charge in [-0.25, -0.2) is 0 Å². The summed E-state index contributed by atoms with van der Waals surface area (Å²) in [5.74, 6) is -0.257. The molecule has 0 aromatic heterocycles. The van der Waals surface area contributed by atoms with Gasteiger partial charge in [-0.05, 0) is 0 Å². The average molecular weight is 223 g/mol. The summed E-state index contributed by atoms with van der Waals surface area (Å²) >= 11 is -1.55. The number of carbonyl (C=O) groups is 1. The van der Waals surface area contributed by atoms with Crippen LogP contribution in [0.25, 0.3) is 0 Å². The van der Waals surface area contributed by atoms with Crippen molar-refractivity contribution in [2.75, 3.05) is 7.11 Å². The van der Waals surface area contributed by atoms with Crippen molar-refractivity contribution in [2.45, 2.75) is 10.9 Å². The Morgan fingerprint density at radius 1 is 1.75 bits per heavy atom. The second-order valence-electron chi connectivity index (χ2n) is 1.28. The van der Waals surface area contributed by atoms with E-state index in [1.165, 1.54) is 7.11 Å². The zero-order chi connectivity index (χ0) is 6.41. The second kappa shape index (κ2) is 5.21. The van der Waals surface area contributed by atoms with E-state index < -0.39 is 21.1 Å². The molecule has 4 heteroatoms. The normalized spacial score (nSPS) is 8.12. The fraction of sp³-hybridized carbons (Fsp3) is 0.750. The number of hydrogen-bond acceptors (Lipinski definition) is 3. The van der Waals surface area contributed by atoms with Crippen LogP contribution in [0, 0.1) is 0 Å². The van der Waals surface area contributed by atoms with Crippen molar-refractivity contribution in [2.24, 2.45) is 0 Å². The third-order valence-electron chi connectivity index (χ3n) is 0.694. The summed E-state index contributed by atoms with van der Waals surface area (Å²) in [5.41, 5.74) is 0. The van der Waals surface area contributed by atoms with E-state index in [2.05, 4.69) is 4.74 Å². The Hall–Kier alpha value is 0.0687.